The summed E-state index contributed by atoms with van der Waals surface area (Å²) in [6.45, 7) is 10.8. The molecule has 0 heteroatoms. The SMILES string of the molecule is C=C(C)C(CCCC)CCCC. The van der Waals surface area contributed by atoms with E-state index in [1.165, 1.54) is 44.1 Å². The first-order valence-electron chi connectivity index (χ1n) is 5.37. The van der Waals surface area contributed by atoms with Gasteiger partial charge in [0.1, 0.15) is 0 Å². The van der Waals surface area contributed by atoms with Gasteiger partial charge in [0, 0.05) is 0 Å². The van der Waals surface area contributed by atoms with E-state index in [-0.39, 0.29) is 0 Å². The Bertz CT molecular complexity index is 105. The molecule has 0 aromatic heterocycles. The molecule has 0 rings (SSSR count). The lowest BCUT2D eigenvalue weighted by Gasteiger charge is -2.15. The molecule has 0 aliphatic carbocycles. The second kappa shape index (κ2) is 7.39. The first-order valence-corrected chi connectivity index (χ1v) is 5.37. The lowest BCUT2D eigenvalue weighted by molar-refractivity contribution is 0.476. The van der Waals surface area contributed by atoms with Gasteiger partial charge in [-0.25, -0.2) is 0 Å². The Kier molecular flexibility index (Phi) is 7.23. The summed E-state index contributed by atoms with van der Waals surface area (Å²) in [5, 5.41) is 0. The van der Waals surface area contributed by atoms with Gasteiger partial charge >= 0.3 is 0 Å². The summed E-state index contributed by atoms with van der Waals surface area (Å²) in [6, 6.07) is 0. The Hall–Kier alpha value is -0.260. The number of allylic oxidation sites excluding steroid dienone is 1. The van der Waals surface area contributed by atoms with E-state index in [9.17, 15) is 0 Å². The fourth-order valence-corrected chi connectivity index (χ4v) is 1.54. The molecule has 0 aliphatic rings. The number of rotatable bonds is 7. The van der Waals surface area contributed by atoms with Crippen LogP contribution in [0.25, 0.3) is 0 Å². The minimum Gasteiger partial charge on any atom is -0.0999 e. The van der Waals surface area contributed by atoms with Crippen molar-refractivity contribution in [2.75, 3.05) is 0 Å². The standard InChI is InChI=1S/C12H24/c1-5-7-9-12(11(3)4)10-8-6-2/h12H,3,5-10H2,1-2,4H3. The summed E-state index contributed by atoms with van der Waals surface area (Å²) in [5.74, 6) is 0.796. The van der Waals surface area contributed by atoms with Gasteiger partial charge in [0.05, 0.1) is 0 Å². The van der Waals surface area contributed by atoms with Crippen molar-refractivity contribution in [3.8, 4) is 0 Å². The molecule has 0 fully saturated rings. The van der Waals surface area contributed by atoms with Crippen molar-refractivity contribution in [2.24, 2.45) is 5.92 Å². The van der Waals surface area contributed by atoms with E-state index in [1.807, 2.05) is 0 Å². The van der Waals surface area contributed by atoms with Gasteiger partial charge in [0.25, 0.3) is 0 Å². The van der Waals surface area contributed by atoms with Crippen molar-refractivity contribution < 1.29 is 0 Å². The van der Waals surface area contributed by atoms with E-state index in [1.54, 1.807) is 0 Å². The highest BCUT2D eigenvalue weighted by atomic mass is 14.1. The van der Waals surface area contributed by atoms with E-state index in [0.29, 0.717) is 0 Å². The lowest BCUT2D eigenvalue weighted by atomic mass is 9.90. The van der Waals surface area contributed by atoms with Crippen molar-refractivity contribution in [3.05, 3.63) is 12.2 Å². The van der Waals surface area contributed by atoms with Crippen LogP contribution in [0.2, 0.25) is 0 Å². The average molecular weight is 168 g/mol. The Morgan fingerprint density at radius 2 is 1.50 bits per heavy atom. The average Bonchev–Trinajstić information content (AvgIpc) is 2.04. The van der Waals surface area contributed by atoms with Crippen LogP contribution in [0.4, 0.5) is 0 Å². The maximum atomic E-state index is 4.06. The van der Waals surface area contributed by atoms with Crippen LogP contribution in [-0.4, -0.2) is 0 Å². The predicted molar refractivity (Wildman–Crippen MR) is 57.4 cm³/mol. The molecule has 0 unspecified atom stereocenters. The fraction of sp³-hybridized carbons (Fsp3) is 0.833. The van der Waals surface area contributed by atoms with Crippen LogP contribution in [0.15, 0.2) is 12.2 Å². The maximum Gasteiger partial charge on any atom is -0.0209 e. The Labute approximate surface area is 78.1 Å². The maximum absolute atomic E-state index is 4.06. The lowest BCUT2D eigenvalue weighted by Crippen LogP contribution is -2.01. The topological polar surface area (TPSA) is 0 Å². The summed E-state index contributed by atoms with van der Waals surface area (Å²) in [4.78, 5) is 0. The zero-order valence-corrected chi connectivity index (χ0v) is 9.03. The molecule has 0 heterocycles. The van der Waals surface area contributed by atoms with Crippen LogP contribution < -0.4 is 0 Å². The van der Waals surface area contributed by atoms with Gasteiger partial charge in [-0.3, -0.25) is 0 Å². The first-order chi connectivity index (χ1) is 5.72. The van der Waals surface area contributed by atoms with Gasteiger partial charge in [0.15, 0.2) is 0 Å². The highest BCUT2D eigenvalue weighted by molar-refractivity contribution is 4.95. The molecule has 0 amide bonds. The molecule has 0 radical (unpaired) electrons. The van der Waals surface area contributed by atoms with E-state index < -0.39 is 0 Å². The van der Waals surface area contributed by atoms with E-state index in [2.05, 4.69) is 27.4 Å². The van der Waals surface area contributed by atoms with Crippen LogP contribution >= 0.6 is 0 Å². The molecule has 0 saturated heterocycles. The van der Waals surface area contributed by atoms with Crippen molar-refractivity contribution >= 4 is 0 Å². The molecule has 12 heavy (non-hydrogen) atoms. The molecule has 0 aromatic rings. The Balaban J connectivity index is 3.62. The summed E-state index contributed by atoms with van der Waals surface area (Å²) in [6.07, 6.45) is 8.06. The van der Waals surface area contributed by atoms with Crippen LogP contribution in [0, 0.1) is 5.92 Å². The van der Waals surface area contributed by atoms with Crippen molar-refractivity contribution in [1.29, 1.82) is 0 Å². The smallest absolute Gasteiger partial charge is 0.0209 e. The van der Waals surface area contributed by atoms with E-state index in [4.69, 9.17) is 0 Å². The summed E-state index contributed by atoms with van der Waals surface area (Å²) < 4.78 is 0. The van der Waals surface area contributed by atoms with Gasteiger partial charge in [-0.15, -0.1) is 0 Å². The molecule has 0 atom stereocenters. The molecule has 0 N–H and O–H groups in total. The molecule has 0 aliphatic heterocycles. The summed E-state index contributed by atoms with van der Waals surface area (Å²) >= 11 is 0. The van der Waals surface area contributed by atoms with Crippen LogP contribution in [-0.2, 0) is 0 Å². The quantitative estimate of drug-likeness (QED) is 0.489. The van der Waals surface area contributed by atoms with Gasteiger partial charge < -0.3 is 0 Å². The molecule has 0 spiro atoms. The molecular weight excluding hydrogens is 144 g/mol. The summed E-state index contributed by atoms with van der Waals surface area (Å²) in [7, 11) is 0. The molecular formula is C12H24. The normalized spacial score (nSPS) is 10.7. The van der Waals surface area contributed by atoms with Crippen molar-refractivity contribution in [1.82, 2.24) is 0 Å². The second-order valence-corrected chi connectivity index (χ2v) is 3.83. The number of unbranched alkanes of at least 4 members (excludes halogenated alkanes) is 2. The van der Waals surface area contributed by atoms with Crippen molar-refractivity contribution in [3.63, 3.8) is 0 Å². The van der Waals surface area contributed by atoms with Crippen molar-refractivity contribution in [2.45, 2.75) is 59.3 Å². The largest absolute Gasteiger partial charge is 0.0999 e. The number of hydrogen-bond acceptors (Lipinski definition) is 0. The molecule has 0 aromatic carbocycles. The van der Waals surface area contributed by atoms with Gasteiger partial charge in [-0.05, 0) is 25.7 Å². The van der Waals surface area contributed by atoms with E-state index in [0.717, 1.165) is 5.92 Å². The van der Waals surface area contributed by atoms with Gasteiger partial charge in [-0.1, -0.05) is 51.7 Å². The third-order valence-electron chi connectivity index (χ3n) is 2.51. The first kappa shape index (κ1) is 11.7. The number of hydrogen-bond donors (Lipinski definition) is 0. The third-order valence-corrected chi connectivity index (χ3v) is 2.51. The minimum absolute atomic E-state index is 0.796. The van der Waals surface area contributed by atoms with E-state index >= 15 is 0 Å². The fourth-order valence-electron chi connectivity index (χ4n) is 1.54. The Morgan fingerprint density at radius 1 is 1.08 bits per heavy atom. The second-order valence-electron chi connectivity index (χ2n) is 3.83. The highest BCUT2D eigenvalue weighted by Gasteiger charge is 2.07. The predicted octanol–water partition coefficient (Wildman–Crippen LogP) is 4.56. The van der Waals surface area contributed by atoms with Crippen LogP contribution in [0.3, 0.4) is 0 Å². The summed E-state index contributed by atoms with van der Waals surface area (Å²) in [5.41, 5.74) is 1.39. The highest BCUT2D eigenvalue weighted by Crippen LogP contribution is 2.22. The molecule has 0 saturated carbocycles. The molecule has 0 bridgehead atoms. The van der Waals surface area contributed by atoms with Gasteiger partial charge in [0.2, 0.25) is 0 Å². The monoisotopic (exact) mass is 168 g/mol. The molecule has 72 valence electrons. The van der Waals surface area contributed by atoms with Crippen LogP contribution in [0.5, 0.6) is 0 Å². The molecule has 0 nitrogen and oxygen atoms in total. The third kappa shape index (κ3) is 5.40. The zero-order valence-electron chi connectivity index (χ0n) is 9.03. The van der Waals surface area contributed by atoms with Gasteiger partial charge in [-0.2, -0.15) is 0 Å². The van der Waals surface area contributed by atoms with Crippen LogP contribution in [0.1, 0.15) is 59.3 Å². The Morgan fingerprint density at radius 3 is 1.75 bits per heavy atom. The zero-order chi connectivity index (χ0) is 9.40. The minimum atomic E-state index is 0.796.